The van der Waals surface area contributed by atoms with Gasteiger partial charge in [-0.2, -0.15) is 0 Å². The first-order valence-corrected chi connectivity index (χ1v) is 13.2. The van der Waals surface area contributed by atoms with Crippen molar-refractivity contribution in [1.29, 1.82) is 0 Å². The van der Waals surface area contributed by atoms with Crippen molar-refractivity contribution in [3.05, 3.63) is 92.7 Å². The Bertz CT molecular complexity index is 1560. The third kappa shape index (κ3) is 3.80. The molecule has 2 heterocycles. The molecule has 0 unspecified atom stereocenters. The van der Waals surface area contributed by atoms with Crippen molar-refractivity contribution in [1.82, 2.24) is 0 Å². The lowest BCUT2D eigenvalue weighted by Gasteiger charge is -2.27. The fourth-order valence-corrected chi connectivity index (χ4v) is 7.34. The number of aryl methyl sites for hydroxylation is 1. The van der Waals surface area contributed by atoms with Gasteiger partial charge in [-0.1, -0.05) is 54.6 Å². The van der Waals surface area contributed by atoms with Gasteiger partial charge in [-0.3, -0.25) is 0 Å². The van der Waals surface area contributed by atoms with E-state index in [1.807, 2.05) is 22.7 Å². The zero-order chi connectivity index (χ0) is 22.9. The number of hydrogen-bond acceptors (Lipinski definition) is 3. The van der Waals surface area contributed by atoms with Crippen molar-refractivity contribution in [3.63, 3.8) is 0 Å². The van der Waals surface area contributed by atoms with Crippen LogP contribution in [0.5, 0.6) is 0 Å². The quantitative estimate of drug-likeness (QED) is 0.275. The van der Waals surface area contributed by atoms with Gasteiger partial charge in [0.05, 0.1) is 14.9 Å². The molecule has 1 aliphatic carbocycles. The number of thiophene rings is 2. The number of benzene rings is 2. The topological polar surface area (TPSA) is 3.24 Å². The average molecular weight is 468 g/mol. The van der Waals surface area contributed by atoms with Gasteiger partial charge in [-0.15, -0.1) is 22.7 Å². The number of hydrogen-bond donors (Lipinski definition) is 0. The summed E-state index contributed by atoms with van der Waals surface area (Å²) in [4.78, 5) is 3.88. The Labute approximate surface area is 204 Å². The lowest BCUT2D eigenvalue weighted by Crippen LogP contribution is -2.29. The number of fused-ring (bicyclic) bond motifs is 4. The largest absolute Gasteiger partial charge is 0.316 e. The molecule has 2 aromatic carbocycles. The number of rotatable bonds is 4. The highest BCUT2D eigenvalue weighted by molar-refractivity contribution is 7.20. The van der Waals surface area contributed by atoms with E-state index >= 15 is 0 Å². The van der Waals surface area contributed by atoms with Gasteiger partial charge in [0, 0.05) is 26.4 Å². The second-order valence-electron chi connectivity index (χ2n) is 8.42. The van der Waals surface area contributed by atoms with E-state index in [-0.39, 0.29) is 0 Å². The molecule has 1 aliphatic rings. The molecule has 0 amide bonds. The van der Waals surface area contributed by atoms with Crippen LogP contribution in [0.4, 0.5) is 5.69 Å². The fraction of sp³-hybridized carbons (Fsp3) is 0.200. The summed E-state index contributed by atoms with van der Waals surface area (Å²) in [5.74, 6) is 0. The molecule has 4 aromatic rings. The molecule has 0 radical (unpaired) electrons. The Morgan fingerprint density at radius 2 is 1.79 bits per heavy atom. The van der Waals surface area contributed by atoms with Gasteiger partial charge in [-0.05, 0) is 81.0 Å². The molecular formula is C30H29NS2. The van der Waals surface area contributed by atoms with Crippen LogP contribution in [0.15, 0.2) is 72.5 Å². The van der Waals surface area contributed by atoms with Crippen LogP contribution in [0.3, 0.4) is 0 Å². The van der Waals surface area contributed by atoms with Gasteiger partial charge >= 0.3 is 0 Å². The Hall–Kier alpha value is -2.88. The van der Waals surface area contributed by atoms with Crippen LogP contribution < -0.4 is 14.7 Å². The van der Waals surface area contributed by atoms with E-state index in [0.29, 0.717) is 0 Å². The lowest BCUT2D eigenvalue weighted by molar-refractivity contribution is 1.01. The van der Waals surface area contributed by atoms with Crippen LogP contribution in [-0.2, 0) is 6.42 Å². The Morgan fingerprint density at radius 3 is 2.61 bits per heavy atom. The van der Waals surface area contributed by atoms with Gasteiger partial charge in [0.2, 0.25) is 0 Å². The van der Waals surface area contributed by atoms with Crippen LogP contribution >= 0.6 is 22.7 Å². The highest BCUT2D eigenvalue weighted by atomic mass is 32.1. The van der Waals surface area contributed by atoms with E-state index in [1.165, 1.54) is 57.4 Å². The van der Waals surface area contributed by atoms with Crippen LogP contribution in [0.2, 0.25) is 0 Å². The van der Waals surface area contributed by atoms with Crippen LogP contribution in [-0.4, -0.2) is 0 Å². The van der Waals surface area contributed by atoms with Gasteiger partial charge in [0.25, 0.3) is 0 Å². The van der Waals surface area contributed by atoms with Crippen molar-refractivity contribution in [2.75, 3.05) is 4.90 Å². The van der Waals surface area contributed by atoms with E-state index in [2.05, 4.69) is 112 Å². The Balaban J connectivity index is 1.84. The number of nitrogens with zero attached hydrogens (tertiary/aromatic N) is 1. The molecule has 3 heteroatoms. The summed E-state index contributed by atoms with van der Waals surface area (Å²) in [5, 5.41) is 4.08. The summed E-state index contributed by atoms with van der Waals surface area (Å²) < 4.78 is 4.06. The Kier molecular flexibility index (Phi) is 6.09. The van der Waals surface area contributed by atoms with Crippen molar-refractivity contribution in [2.45, 2.75) is 40.5 Å². The molecule has 0 bridgehead atoms. The predicted octanol–water partition coefficient (Wildman–Crippen LogP) is 7.99. The predicted molar refractivity (Wildman–Crippen MR) is 151 cm³/mol. The molecule has 0 aliphatic heterocycles. The summed E-state index contributed by atoms with van der Waals surface area (Å²) in [7, 11) is 0. The summed E-state index contributed by atoms with van der Waals surface area (Å²) in [6.45, 7) is 8.72. The number of anilines is 1. The molecule has 33 heavy (non-hydrogen) atoms. The monoisotopic (exact) mass is 467 g/mol. The van der Waals surface area contributed by atoms with E-state index in [9.17, 15) is 0 Å². The molecule has 0 N–H and O–H groups in total. The van der Waals surface area contributed by atoms with E-state index in [0.717, 1.165) is 12.8 Å². The average Bonchev–Trinajstić information content (AvgIpc) is 3.41. The van der Waals surface area contributed by atoms with Crippen LogP contribution in [0, 0.1) is 0 Å². The molecular weight excluding hydrogens is 438 g/mol. The van der Waals surface area contributed by atoms with Crippen molar-refractivity contribution in [3.8, 4) is 0 Å². The highest BCUT2D eigenvalue weighted by Gasteiger charge is 2.20. The minimum Gasteiger partial charge on any atom is -0.316 e. The first kappa shape index (κ1) is 21.9. The minimum absolute atomic E-state index is 1.13. The maximum absolute atomic E-state index is 2.46. The van der Waals surface area contributed by atoms with Crippen molar-refractivity contribution in [2.24, 2.45) is 0 Å². The van der Waals surface area contributed by atoms with E-state index in [1.54, 1.807) is 0 Å². The van der Waals surface area contributed by atoms with Gasteiger partial charge < -0.3 is 4.90 Å². The van der Waals surface area contributed by atoms with E-state index < -0.39 is 0 Å². The second-order valence-corrected chi connectivity index (χ2v) is 10.5. The molecule has 5 rings (SSSR count). The second kappa shape index (κ2) is 9.17. The standard InChI is InChI=1S/C30H29NS2/c1-5-7-13-20(3)31(21(4)29-22(6-2)23-14-8-10-18-27(23)32-29)26-17-12-16-25-24-15-9-11-19-28(24)33-30(25)26/h5-8,10-14,16-19H,9,15H2,1-4H3. The van der Waals surface area contributed by atoms with Crippen molar-refractivity contribution < 1.29 is 0 Å². The zero-order valence-corrected chi connectivity index (χ0v) is 21.3. The van der Waals surface area contributed by atoms with Gasteiger partial charge in [-0.25, -0.2) is 0 Å². The summed E-state index contributed by atoms with van der Waals surface area (Å²) in [6, 6.07) is 15.6. The molecule has 1 nitrogen and oxygen atoms in total. The molecule has 0 atom stereocenters. The van der Waals surface area contributed by atoms with E-state index in [4.69, 9.17) is 0 Å². The first-order chi connectivity index (χ1) is 16.1. The molecule has 2 aromatic heterocycles. The van der Waals surface area contributed by atoms with Crippen molar-refractivity contribution >= 4 is 66.4 Å². The third-order valence-electron chi connectivity index (χ3n) is 6.37. The molecule has 0 saturated carbocycles. The normalized spacial score (nSPS) is 15.6. The third-order valence-corrected chi connectivity index (χ3v) is 8.90. The number of allylic oxidation sites excluding steroid dienone is 5. The maximum Gasteiger partial charge on any atom is 0.0634 e. The van der Waals surface area contributed by atoms with Crippen LogP contribution in [0.1, 0.15) is 44.6 Å². The summed E-state index contributed by atoms with van der Waals surface area (Å²) in [5.41, 5.74) is 5.28. The molecule has 0 spiro atoms. The SMILES string of the molecule is CC=CC=C(C)N(C(C)=c1sc2ccccc2c1=CC)c1cccc2c3c(sc12)C=CCC3. The van der Waals surface area contributed by atoms with Gasteiger partial charge in [0.15, 0.2) is 0 Å². The first-order valence-electron chi connectivity index (χ1n) is 11.6. The molecule has 166 valence electrons. The van der Waals surface area contributed by atoms with Gasteiger partial charge in [0.1, 0.15) is 0 Å². The maximum atomic E-state index is 2.46. The highest BCUT2D eigenvalue weighted by Crippen LogP contribution is 2.42. The smallest absolute Gasteiger partial charge is 0.0634 e. The fourth-order valence-electron chi connectivity index (χ4n) is 4.83. The minimum atomic E-state index is 1.13. The van der Waals surface area contributed by atoms with Crippen LogP contribution in [0.25, 0.3) is 38.0 Å². The zero-order valence-electron chi connectivity index (χ0n) is 19.7. The summed E-state index contributed by atoms with van der Waals surface area (Å²) >= 11 is 3.82. The summed E-state index contributed by atoms with van der Waals surface area (Å²) in [6.07, 6.45) is 15.6. The Morgan fingerprint density at radius 1 is 0.970 bits per heavy atom. The lowest BCUT2D eigenvalue weighted by atomic mass is 10.0. The molecule has 0 fully saturated rings. The molecule has 0 saturated heterocycles.